The number of nitrogens with zero attached hydrogens (tertiary/aromatic N) is 2. The topological polar surface area (TPSA) is 105 Å². The van der Waals surface area contributed by atoms with Crippen LogP contribution in [0.2, 0.25) is 0 Å². The first-order chi connectivity index (χ1) is 14.5. The average molecular weight is 405 g/mol. The summed E-state index contributed by atoms with van der Waals surface area (Å²) >= 11 is 0. The predicted octanol–water partition coefficient (Wildman–Crippen LogP) is 4.53. The van der Waals surface area contributed by atoms with E-state index in [1.807, 2.05) is 6.07 Å². The van der Waals surface area contributed by atoms with Crippen molar-refractivity contribution in [3.05, 3.63) is 75.3 Å². The molecule has 154 valence electrons. The molecule has 1 fully saturated rings. The summed E-state index contributed by atoms with van der Waals surface area (Å²) < 4.78 is 5.69. The number of nitriles is 1. The number of nitro groups is 1. The van der Waals surface area contributed by atoms with Crippen molar-refractivity contribution in [1.29, 1.82) is 5.26 Å². The number of rotatable bonds is 7. The molecule has 0 saturated heterocycles. The normalized spacial score (nSPS) is 14.6. The van der Waals surface area contributed by atoms with E-state index < -0.39 is 4.92 Å². The van der Waals surface area contributed by atoms with Crippen LogP contribution in [0, 0.1) is 21.4 Å². The van der Waals surface area contributed by atoms with Gasteiger partial charge in [-0.25, -0.2) is 0 Å². The molecule has 1 N–H and O–H groups in total. The van der Waals surface area contributed by atoms with Gasteiger partial charge in [-0.15, -0.1) is 0 Å². The van der Waals surface area contributed by atoms with Crippen molar-refractivity contribution < 1.29 is 14.5 Å². The number of nitro benzene ring substituents is 1. The van der Waals surface area contributed by atoms with Crippen molar-refractivity contribution in [2.24, 2.45) is 0 Å². The van der Waals surface area contributed by atoms with Crippen LogP contribution in [0.5, 0.6) is 5.75 Å². The second kappa shape index (κ2) is 10.2. The zero-order valence-electron chi connectivity index (χ0n) is 16.5. The Balaban J connectivity index is 1.57. The Bertz CT molecular complexity index is 953. The summed E-state index contributed by atoms with van der Waals surface area (Å²) in [6.45, 7) is 0.278. The number of carbonyl (C=O) groups excluding carboxylic acids is 1. The summed E-state index contributed by atoms with van der Waals surface area (Å²) in [6.07, 6.45) is 6.91. The van der Waals surface area contributed by atoms with E-state index in [1.54, 1.807) is 42.5 Å². The summed E-state index contributed by atoms with van der Waals surface area (Å²) in [5.41, 5.74) is 1.67. The molecule has 0 unspecified atom stereocenters. The minimum absolute atomic E-state index is 0.0377. The van der Waals surface area contributed by atoms with Crippen molar-refractivity contribution in [3.63, 3.8) is 0 Å². The van der Waals surface area contributed by atoms with Crippen LogP contribution in [0.1, 0.15) is 43.2 Å². The Morgan fingerprint density at radius 1 is 1.13 bits per heavy atom. The molecule has 0 heterocycles. The molecule has 7 heteroatoms. The average Bonchev–Trinajstić information content (AvgIpc) is 2.77. The van der Waals surface area contributed by atoms with Crippen LogP contribution in [-0.2, 0) is 11.4 Å². The van der Waals surface area contributed by atoms with Crippen molar-refractivity contribution in [3.8, 4) is 11.8 Å². The lowest BCUT2D eigenvalue weighted by atomic mass is 9.95. The van der Waals surface area contributed by atoms with Gasteiger partial charge in [0.1, 0.15) is 24.0 Å². The summed E-state index contributed by atoms with van der Waals surface area (Å²) in [6, 6.07) is 15.4. The van der Waals surface area contributed by atoms with E-state index in [4.69, 9.17) is 4.74 Å². The summed E-state index contributed by atoms with van der Waals surface area (Å²) in [7, 11) is 0. The monoisotopic (exact) mass is 405 g/mol. The molecule has 0 aliphatic heterocycles. The van der Waals surface area contributed by atoms with Gasteiger partial charge in [0.2, 0.25) is 0 Å². The second-order valence-electron chi connectivity index (χ2n) is 7.26. The van der Waals surface area contributed by atoms with E-state index in [0.717, 1.165) is 36.8 Å². The van der Waals surface area contributed by atoms with E-state index in [2.05, 4.69) is 5.32 Å². The number of benzene rings is 2. The number of carbonyl (C=O) groups is 1. The smallest absolute Gasteiger partial charge is 0.269 e. The van der Waals surface area contributed by atoms with Gasteiger partial charge in [-0.3, -0.25) is 14.9 Å². The van der Waals surface area contributed by atoms with Gasteiger partial charge < -0.3 is 10.1 Å². The summed E-state index contributed by atoms with van der Waals surface area (Å²) in [5.74, 6) is 0.290. The molecule has 0 bridgehead atoms. The van der Waals surface area contributed by atoms with Crippen molar-refractivity contribution in [2.45, 2.75) is 44.8 Å². The number of amides is 1. The lowest BCUT2D eigenvalue weighted by Gasteiger charge is -2.22. The molecule has 0 aromatic heterocycles. The quantitative estimate of drug-likeness (QED) is 0.315. The van der Waals surface area contributed by atoms with Crippen LogP contribution in [0.25, 0.3) is 6.08 Å². The highest BCUT2D eigenvalue weighted by Gasteiger charge is 2.18. The van der Waals surface area contributed by atoms with E-state index >= 15 is 0 Å². The predicted molar refractivity (Wildman–Crippen MR) is 112 cm³/mol. The second-order valence-corrected chi connectivity index (χ2v) is 7.26. The Labute approximate surface area is 175 Å². The van der Waals surface area contributed by atoms with Crippen molar-refractivity contribution in [1.82, 2.24) is 5.32 Å². The first kappa shape index (κ1) is 21.1. The summed E-state index contributed by atoms with van der Waals surface area (Å²) in [5, 5.41) is 23.0. The number of nitrogens with one attached hydrogen (secondary N) is 1. The van der Waals surface area contributed by atoms with Crippen molar-refractivity contribution in [2.75, 3.05) is 0 Å². The standard InChI is InChI=1S/C23H23N3O4/c24-15-19(23(27)25-20-4-2-1-3-5-20)14-17-8-12-22(13-9-17)30-16-18-6-10-21(11-7-18)26(28)29/h6-14,20H,1-5,16H2,(H,25,27)/b19-14+. The Hall–Kier alpha value is -3.66. The fourth-order valence-electron chi connectivity index (χ4n) is 3.37. The third-order valence-electron chi connectivity index (χ3n) is 5.05. The van der Waals surface area contributed by atoms with Crippen LogP contribution >= 0.6 is 0 Å². The zero-order valence-corrected chi connectivity index (χ0v) is 16.5. The van der Waals surface area contributed by atoms with E-state index in [9.17, 15) is 20.2 Å². The maximum Gasteiger partial charge on any atom is 0.269 e. The Kier molecular flexibility index (Phi) is 7.17. The Morgan fingerprint density at radius 3 is 2.40 bits per heavy atom. The maximum absolute atomic E-state index is 12.4. The highest BCUT2D eigenvalue weighted by molar-refractivity contribution is 6.01. The van der Waals surface area contributed by atoms with Gasteiger partial charge in [0.05, 0.1) is 4.92 Å². The molecule has 7 nitrogen and oxygen atoms in total. The minimum Gasteiger partial charge on any atom is -0.489 e. The van der Waals surface area contributed by atoms with Gasteiger partial charge in [0.15, 0.2) is 0 Å². The van der Waals surface area contributed by atoms with Gasteiger partial charge in [0, 0.05) is 18.2 Å². The molecule has 3 rings (SSSR count). The number of non-ortho nitro benzene ring substituents is 1. The van der Waals surface area contributed by atoms with Crippen LogP contribution < -0.4 is 10.1 Å². The molecule has 1 amide bonds. The van der Waals surface area contributed by atoms with Gasteiger partial charge >= 0.3 is 0 Å². The zero-order chi connectivity index (χ0) is 21.3. The van der Waals surface area contributed by atoms with Gasteiger partial charge in [-0.2, -0.15) is 5.26 Å². The van der Waals surface area contributed by atoms with Gasteiger partial charge in [-0.1, -0.05) is 31.4 Å². The van der Waals surface area contributed by atoms with E-state index in [-0.39, 0.29) is 29.8 Å². The molecule has 0 spiro atoms. The molecule has 0 radical (unpaired) electrons. The molecule has 2 aromatic carbocycles. The molecule has 30 heavy (non-hydrogen) atoms. The number of ether oxygens (including phenoxy) is 1. The molecule has 0 atom stereocenters. The fraction of sp³-hybridized carbons (Fsp3) is 0.304. The Morgan fingerprint density at radius 2 is 1.80 bits per heavy atom. The molecule has 1 saturated carbocycles. The third kappa shape index (κ3) is 5.92. The van der Waals surface area contributed by atoms with E-state index in [0.29, 0.717) is 5.75 Å². The van der Waals surface area contributed by atoms with Crippen LogP contribution in [-0.4, -0.2) is 16.9 Å². The van der Waals surface area contributed by atoms with Crippen LogP contribution in [0.15, 0.2) is 54.1 Å². The molecular weight excluding hydrogens is 382 g/mol. The van der Waals surface area contributed by atoms with Gasteiger partial charge in [0.25, 0.3) is 11.6 Å². The highest BCUT2D eigenvalue weighted by Crippen LogP contribution is 2.19. The lowest BCUT2D eigenvalue weighted by Crippen LogP contribution is -2.36. The number of hydrogen-bond acceptors (Lipinski definition) is 5. The molecule has 1 aliphatic carbocycles. The molecular formula is C23H23N3O4. The van der Waals surface area contributed by atoms with Gasteiger partial charge in [-0.05, 0) is 54.3 Å². The first-order valence-corrected chi connectivity index (χ1v) is 9.94. The SMILES string of the molecule is N#C/C(=C\c1ccc(OCc2ccc([N+](=O)[O-])cc2)cc1)C(=O)NC1CCCCC1. The lowest BCUT2D eigenvalue weighted by molar-refractivity contribution is -0.384. The molecule has 2 aromatic rings. The van der Waals surface area contributed by atoms with E-state index in [1.165, 1.54) is 18.6 Å². The van der Waals surface area contributed by atoms with Crippen molar-refractivity contribution >= 4 is 17.7 Å². The van der Waals surface area contributed by atoms with Crippen LogP contribution in [0.4, 0.5) is 5.69 Å². The highest BCUT2D eigenvalue weighted by atomic mass is 16.6. The van der Waals surface area contributed by atoms with Crippen LogP contribution in [0.3, 0.4) is 0 Å². The first-order valence-electron chi connectivity index (χ1n) is 9.94. The fourth-order valence-corrected chi connectivity index (χ4v) is 3.37. The summed E-state index contributed by atoms with van der Waals surface area (Å²) in [4.78, 5) is 22.6. The minimum atomic E-state index is -0.443. The maximum atomic E-state index is 12.4. The third-order valence-corrected chi connectivity index (χ3v) is 5.05. The largest absolute Gasteiger partial charge is 0.489 e. The number of hydrogen-bond donors (Lipinski definition) is 1. The molecule has 1 aliphatic rings.